The van der Waals surface area contributed by atoms with Gasteiger partial charge in [-0.3, -0.25) is 9.59 Å². The number of benzene rings is 2. The van der Waals surface area contributed by atoms with E-state index in [0.29, 0.717) is 11.3 Å². The summed E-state index contributed by atoms with van der Waals surface area (Å²) < 4.78 is 42.1. The van der Waals surface area contributed by atoms with Gasteiger partial charge in [0.25, 0.3) is 5.56 Å². The molecule has 1 amide bonds. The Morgan fingerprint density at radius 3 is 2.50 bits per heavy atom. The SMILES string of the molecule is Cc1ccc(-c2c(C(N)=O)cccc2C(F)(F)F)cc1-c1cn(C)c(=O)cn1. The molecule has 8 heteroatoms. The van der Waals surface area contributed by atoms with E-state index in [2.05, 4.69) is 4.98 Å². The van der Waals surface area contributed by atoms with Crippen LogP contribution in [0.2, 0.25) is 0 Å². The van der Waals surface area contributed by atoms with Gasteiger partial charge < -0.3 is 10.3 Å². The molecule has 0 saturated heterocycles. The van der Waals surface area contributed by atoms with Gasteiger partial charge >= 0.3 is 6.18 Å². The first-order valence-corrected chi connectivity index (χ1v) is 8.23. The summed E-state index contributed by atoms with van der Waals surface area (Å²) in [5.74, 6) is -0.955. The zero-order chi connectivity index (χ0) is 20.6. The van der Waals surface area contributed by atoms with E-state index < -0.39 is 17.6 Å². The molecular formula is C20H16F3N3O2. The van der Waals surface area contributed by atoms with Gasteiger partial charge in [-0.25, -0.2) is 4.98 Å². The summed E-state index contributed by atoms with van der Waals surface area (Å²) in [5, 5.41) is 0. The Kier molecular flexibility index (Phi) is 4.80. The van der Waals surface area contributed by atoms with Crippen molar-refractivity contribution in [1.82, 2.24) is 9.55 Å². The van der Waals surface area contributed by atoms with Gasteiger partial charge in [-0.1, -0.05) is 18.2 Å². The zero-order valence-corrected chi connectivity index (χ0v) is 15.0. The molecule has 2 aromatic carbocycles. The molecule has 0 radical (unpaired) electrons. The van der Waals surface area contributed by atoms with E-state index in [1.807, 2.05) is 0 Å². The molecule has 0 aliphatic rings. The second-order valence-corrected chi connectivity index (χ2v) is 6.34. The van der Waals surface area contributed by atoms with Gasteiger partial charge in [0.15, 0.2) is 0 Å². The van der Waals surface area contributed by atoms with E-state index in [4.69, 9.17) is 5.73 Å². The van der Waals surface area contributed by atoms with Crippen molar-refractivity contribution in [2.75, 3.05) is 0 Å². The summed E-state index contributed by atoms with van der Waals surface area (Å²) in [5.41, 5.74) is 5.45. The summed E-state index contributed by atoms with van der Waals surface area (Å²) in [6.07, 6.45) is -2.03. The van der Waals surface area contributed by atoms with Crippen LogP contribution in [-0.4, -0.2) is 15.5 Å². The molecule has 5 nitrogen and oxygen atoms in total. The third-order valence-electron chi connectivity index (χ3n) is 4.42. The average molecular weight is 387 g/mol. The maximum atomic E-state index is 13.6. The predicted octanol–water partition coefficient (Wildman–Crippen LogP) is 3.54. The number of aromatic nitrogens is 2. The van der Waals surface area contributed by atoms with Crippen molar-refractivity contribution in [3.63, 3.8) is 0 Å². The molecule has 2 N–H and O–H groups in total. The molecule has 1 aromatic heterocycles. The van der Waals surface area contributed by atoms with Gasteiger partial charge in [-0.2, -0.15) is 13.2 Å². The Labute approximate surface area is 158 Å². The summed E-state index contributed by atoms with van der Waals surface area (Å²) in [4.78, 5) is 27.4. The van der Waals surface area contributed by atoms with Gasteiger partial charge in [0.1, 0.15) is 0 Å². The molecule has 0 atom stereocenters. The normalized spacial score (nSPS) is 11.5. The first-order valence-electron chi connectivity index (χ1n) is 8.23. The molecule has 3 aromatic rings. The fraction of sp³-hybridized carbons (Fsp3) is 0.150. The highest BCUT2D eigenvalue weighted by molar-refractivity contribution is 6.01. The molecule has 3 rings (SSSR count). The van der Waals surface area contributed by atoms with Gasteiger partial charge in [0.2, 0.25) is 5.91 Å². The Balaban J connectivity index is 2.30. The lowest BCUT2D eigenvalue weighted by atomic mass is 9.91. The first kappa shape index (κ1) is 19.3. The largest absolute Gasteiger partial charge is 0.417 e. The summed E-state index contributed by atoms with van der Waals surface area (Å²) in [7, 11) is 1.55. The molecule has 0 saturated carbocycles. The Hall–Kier alpha value is -3.42. The topological polar surface area (TPSA) is 78.0 Å². The van der Waals surface area contributed by atoms with Crippen molar-refractivity contribution < 1.29 is 18.0 Å². The number of hydrogen-bond acceptors (Lipinski definition) is 3. The van der Waals surface area contributed by atoms with Crippen molar-refractivity contribution in [1.29, 1.82) is 0 Å². The van der Waals surface area contributed by atoms with Crippen LogP contribution in [0.15, 0.2) is 53.6 Å². The van der Waals surface area contributed by atoms with Crippen molar-refractivity contribution in [2.45, 2.75) is 13.1 Å². The van der Waals surface area contributed by atoms with Crippen LogP contribution >= 0.6 is 0 Å². The molecule has 0 bridgehead atoms. The van der Waals surface area contributed by atoms with Crippen LogP contribution in [0.5, 0.6) is 0 Å². The van der Waals surface area contributed by atoms with Crippen molar-refractivity contribution >= 4 is 5.91 Å². The molecule has 0 spiro atoms. The smallest absolute Gasteiger partial charge is 0.366 e. The number of amides is 1. The number of hydrogen-bond donors (Lipinski definition) is 1. The third-order valence-corrected chi connectivity index (χ3v) is 4.42. The van der Waals surface area contributed by atoms with E-state index in [1.165, 1.54) is 29.0 Å². The number of carbonyl (C=O) groups is 1. The molecule has 0 aliphatic carbocycles. The lowest BCUT2D eigenvalue weighted by Gasteiger charge is -2.17. The predicted molar refractivity (Wildman–Crippen MR) is 98.6 cm³/mol. The number of nitrogens with two attached hydrogens (primary N) is 1. The van der Waals surface area contributed by atoms with Gasteiger partial charge in [-0.05, 0) is 36.2 Å². The number of aryl methyl sites for hydroxylation is 2. The molecule has 0 unspecified atom stereocenters. The molecule has 28 heavy (non-hydrogen) atoms. The molecule has 0 fully saturated rings. The maximum Gasteiger partial charge on any atom is 0.417 e. The quantitative estimate of drug-likeness (QED) is 0.747. The number of rotatable bonds is 3. The van der Waals surface area contributed by atoms with E-state index in [-0.39, 0.29) is 22.2 Å². The lowest BCUT2D eigenvalue weighted by Crippen LogP contribution is -2.17. The minimum absolute atomic E-state index is 0.179. The number of nitrogens with zero attached hydrogens (tertiary/aromatic N) is 2. The average Bonchev–Trinajstić information content (AvgIpc) is 2.63. The molecule has 144 valence electrons. The van der Waals surface area contributed by atoms with Crippen LogP contribution in [0.25, 0.3) is 22.4 Å². The summed E-state index contributed by atoms with van der Waals surface area (Å²) in [6, 6.07) is 7.96. The second-order valence-electron chi connectivity index (χ2n) is 6.34. The number of carbonyl (C=O) groups excluding carboxylic acids is 1. The Bertz CT molecular complexity index is 1130. The fourth-order valence-corrected chi connectivity index (χ4v) is 2.99. The van der Waals surface area contributed by atoms with Crippen LogP contribution in [0, 0.1) is 6.92 Å². The minimum Gasteiger partial charge on any atom is -0.366 e. The standard InChI is InChI=1S/C20H16F3N3O2/c1-11-6-7-12(8-14(11)16-10-26(2)17(27)9-25-16)18-13(19(24)28)4-3-5-15(18)20(21,22)23/h3-10H,1-2H3,(H2,24,28). The van der Waals surface area contributed by atoms with Crippen LogP contribution in [0.4, 0.5) is 13.2 Å². The maximum absolute atomic E-state index is 13.6. The van der Waals surface area contributed by atoms with E-state index in [9.17, 15) is 22.8 Å². The Morgan fingerprint density at radius 1 is 1.18 bits per heavy atom. The van der Waals surface area contributed by atoms with Crippen LogP contribution < -0.4 is 11.3 Å². The van der Waals surface area contributed by atoms with Crippen LogP contribution in [0.1, 0.15) is 21.5 Å². The lowest BCUT2D eigenvalue weighted by molar-refractivity contribution is -0.137. The van der Waals surface area contributed by atoms with Gasteiger partial charge in [0, 0.05) is 29.9 Å². The van der Waals surface area contributed by atoms with Crippen molar-refractivity contribution in [2.24, 2.45) is 12.8 Å². The number of alkyl halides is 3. The van der Waals surface area contributed by atoms with E-state index in [1.54, 1.807) is 20.0 Å². The number of halogens is 3. The fourth-order valence-electron chi connectivity index (χ4n) is 2.99. The first-order chi connectivity index (χ1) is 13.1. The monoisotopic (exact) mass is 387 g/mol. The highest BCUT2D eigenvalue weighted by Crippen LogP contribution is 2.40. The van der Waals surface area contributed by atoms with Crippen molar-refractivity contribution in [3.8, 4) is 22.4 Å². The van der Waals surface area contributed by atoms with E-state index >= 15 is 0 Å². The minimum atomic E-state index is -4.67. The number of primary amides is 1. The van der Waals surface area contributed by atoms with Gasteiger partial charge in [-0.15, -0.1) is 0 Å². The highest BCUT2D eigenvalue weighted by atomic mass is 19.4. The van der Waals surface area contributed by atoms with Crippen LogP contribution in [-0.2, 0) is 13.2 Å². The zero-order valence-electron chi connectivity index (χ0n) is 15.0. The second kappa shape index (κ2) is 6.95. The molecule has 0 aliphatic heterocycles. The van der Waals surface area contributed by atoms with Crippen molar-refractivity contribution in [3.05, 3.63) is 75.8 Å². The Morgan fingerprint density at radius 2 is 1.89 bits per heavy atom. The van der Waals surface area contributed by atoms with E-state index in [0.717, 1.165) is 23.9 Å². The molecular weight excluding hydrogens is 371 g/mol. The highest BCUT2D eigenvalue weighted by Gasteiger charge is 2.35. The van der Waals surface area contributed by atoms with Gasteiger partial charge in [0.05, 0.1) is 17.5 Å². The third kappa shape index (κ3) is 3.53. The summed E-state index contributed by atoms with van der Waals surface area (Å²) in [6.45, 7) is 1.77. The molecule has 1 heterocycles. The van der Waals surface area contributed by atoms with Crippen LogP contribution in [0.3, 0.4) is 0 Å². The summed E-state index contributed by atoms with van der Waals surface area (Å²) >= 11 is 0.